The second-order valence-corrected chi connectivity index (χ2v) is 7.17. The van der Waals surface area contributed by atoms with Crippen molar-refractivity contribution in [3.8, 4) is 0 Å². The first-order chi connectivity index (χ1) is 12.7. The number of carbonyl (C=O) groups is 2. The van der Waals surface area contributed by atoms with Gasteiger partial charge in [0, 0.05) is 5.02 Å². The van der Waals surface area contributed by atoms with Crippen molar-refractivity contribution in [3.63, 3.8) is 0 Å². The highest BCUT2D eigenvalue weighted by atomic mass is 35.5. The van der Waals surface area contributed by atoms with Gasteiger partial charge in [0.05, 0.1) is 17.1 Å². The fourth-order valence-electron chi connectivity index (χ4n) is 2.10. The monoisotopic (exact) mass is 409 g/mol. The molecule has 0 radical (unpaired) electrons. The Kier molecular flexibility index (Phi) is 9.29. The van der Waals surface area contributed by atoms with Crippen molar-refractivity contribution in [2.24, 2.45) is 5.73 Å². The van der Waals surface area contributed by atoms with Crippen LogP contribution in [0.5, 0.6) is 0 Å². The lowest BCUT2D eigenvalue weighted by Crippen LogP contribution is -2.52. The number of halogens is 2. The third-order valence-corrected chi connectivity index (χ3v) is 3.97. The minimum absolute atomic E-state index is 0.204. The average Bonchev–Trinajstić information content (AvgIpc) is 2.59. The van der Waals surface area contributed by atoms with Crippen LogP contribution in [0.3, 0.4) is 0 Å². The van der Waals surface area contributed by atoms with Gasteiger partial charge in [0.1, 0.15) is 5.54 Å². The van der Waals surface area contributed by atoms with Crippen molar-refractivity contribution in [1.82, 2.24) is 5.32 Å². The number of carbonyl (C=O) groups excluding carboxylic acids is 2. The summed E-state index contributed by atoms with van der Waals surface area (Å²) >= 11 is 12.0. The first kappa shape index (κ1) is 23.0. The van der Waals surface area contributed by atoms with Crippen LogP contribution < -0.4 is 16.4 Å². The molecule has 0 bridgehead atoms. The summed E-state index contributed by atoms with van der Waals surface area (Å²) in [6.45, 7) is 5.91. The van der Waals surface area contributed by atoms with E-state index in [-0.39, 0.29) is 18.2 Å². The van der Waals surface area contributed by atoms with E-state index in [2.05, 4.69) is 10.6 Å². The van der Waals surface area contributed by atoms with Crippen LogP contribution in [-0.4, -0.2) is 23.9 Å². The standard InChI is InChI=1S/C18H18Cl2N2O2.C2H7N/c1-18(2,22-16(23)10-12-6-4-3-5-7-12)17(24)21-15-11-13(19)8-9-14(15)20;1-2-3/h3-9,11H,10H2,1-2H3,(H,21,24)(H,22,23);2-3H2,1H3. The summed E-state index contributed by atoms with van der Waals surface area (Å²) in [6.07, 6.45) is 0.204. The Bertz CT molecular complexity index is 765. The maximum Gasteiger partial charge on any atom is 0.249 e. The van der Waals surface area contributed by atoms with Gasteiger partial charge >= 0.3 is 0 Å². The van der Waals surface area contributed by atoms with E-state index in [1.54, 1.807) is 32.0 Å². The third kappa shape index (κ3) is 7.99. The van der Waals surface area contributed by atoms with Crippen LogP contribution in [0.15, 0.2) is 48.5 Å². The molecule has 2 aromatic rings. The van der Waals surface area contributed by atoms with E-state index >= 15 is 0 Å². The fourth-order valence-corrected chi connectivity index (χ4v) is 2.44. The fraction of sp³-hybridized carbons (Fsp3) is 0.300. The number of rotatable bonds is 5. The van der Waals surface area contributed by atoms with Gasteiger partial charge in [-0.05, 0) is 44.2 Å². The number of hydrogen-bond donors (Lipinski definition) is 3. The molecule has 7 heteroatoms. The Morgan fingerprint density at radius 1 is 1.07 bits per heavy atom. The van der Waals surface area contributed by atoms with E-state index in [1.165, 1.54) is 0 Å². The number of nitrogens with one attached hydrogen (secondary N) is 2. The Labute approximate surface area is 170 Å². The summed E-state index contributed by atoms with van der Waals surface area (Å²) in [6, 6.07) is 14.1. The molecule has 0 aliphatic rings. The zero-order chi connectivity index (χ0) is 20.4. The largest absolute Gasteiger partial charge is 0.342 e. The van der Waals surface area contributed by atoms with Gasteiger partial charge in [-0.3, -0.25) is 9.59 Å². The first-order valence-corrected chi connectivity index (χ1v) is 9.26. The van der Waals surface area contributed by atoms with E-state index in [4.69, 9.17) is 28.9 Å². The highest BCUT2D eigenvalue weighted by Gasteiger charge is 2.29. The summed E-state index contributed by atoms with van der Waals surface area (Å²) in [7, 11) is 0. The van der Waals surface area contributed by atoms with Crippen LogP contribution in [0.25, 0.3) is 0 Å². The Balaban J connectivity index is 0.00000114. The molecule has 2 amide bonds. The number of nitrogens with two attached hydrogens (primary N) is 1. The van der Waals surface area contributed by atoms with Crippen molar-refractivity contribution in [2.45, 2.75) is 32.7 Å². The van der Waals surface area contributed by atoms with Crippen molar-refractivity contribution in [2.75, 3.05) is 11.9 Å². The van der Waals surface area contributed by atoms with Gasteiger partial charge in [-0.1, -0.05) is 60.5 Å². The van der Waals surface area contributed by atoms with E-state index in [0.717, 1.165) is 12.1 Å². The Morgan fingerprint density at radius 2 is 1.67 bits per heavy atom. The van der Waals surface area contributed by atoms with E-state index in [0.29, 0.717) is 15.7 Å². The maximum absolute atomic E-state index is 12.5. The topological polar surface area (TPSA) is 84.2 Å². The van der Waals surface area contributed by atoms with E-state index in [1.807, 2.05) is 37.3 Å². The van der Waals surface area contributed by atoms with Gasteiger partial charge in [-0.25, -0.2) is 0 Å². The minimum Gasteiger partial charge on any atom is -0.342 e. The summed E-state index contributed by atoms with van der Waals surface area (Å²) in [5.41, 5.74) is 5.03. The van der Waals surface area contributed by atoms with Gasteiger partial charge in [-0.15, -0.1) is 0 Å². The smallest absolute Gasteiger partial charge is 0.249 e. The lowest BCUT2D eigenvalue weighted by Gasteiger charge is -2.25. The minimum atomic E-state index is -1.10. The number of benzene rings is 2. The van der Waals surface area contributed by atoms with Crippen LogP contribution in [0.2, 0.25) is 10.0 Å². The molecule has 5 nitrogen and oxygen atoms in total. The zero-order valence-electron chi connectivity index (χ0n) is 15.7. The SMILES string of the molecule is CC(C)(NC(=O)Cc1ccccc1)C(=O)Nc1cc(Cl)ccc1Cl.CCN. The Morgan fingerprint density at radius 3 is 2.26 bits per heavy atom. The molecule has 146 valence electrons. The molecule has 0 saturated heterocycles. The molecule has 0 saturated carbocycles. The van der Waals surface area contributed by atoms with Gasteiger partial charge < -0.3 is 16.4 Å². The van der Waals surface area contributed by atoms with Crippen LogP contribution in [0, 0.1) is 0 Å². The quantitative estimate of drug-likeness (QED) is 0.696. The lowest BCUT2D eigenvalue weighted by atomic mass is 10.0. The van der Waals surface area contributed by atoms with Crippen molar-refractivity contribution >= 4 is 40.7 Å². The molecule has 0 atom stereocenters. The summed E-state index contributed by atoms with van der Waals surface area (Å²) < 4.78 is 0. The molecule has 0 aromatic heterocycles. The molecule has 0 aliphatic carbocycles. The molecule has 4 N–H and O–H groups in total. The van der Waals surface area contributed by atoms with Crippen LogP contribution >= 0.6 is 23.2 Å². The lowest BCUT2D eigenvalue weighted by molar-refractivity contribution is -0.128. The molecule has 27 heavy (non-hydrogen) atoms. The van der Waals surface area contributed by atoms with Crippen LogP contribution in [0.1, 0.15) is 26.3 Å². The van der Waals surface area contributed by atoms with Gasteiger partial charge in [0.15, 0.2) is 0 Å². The predicted octanol–water partition coefficient (Wildman–Crippen LogP) is 4.03. The normalized spacial score (nSPS) is 10.4. The average molecular weight is 410 g/mol. The predicted molar refractivity (Wildman–Crippen MR) is 112 cm³/mol. The third-order valence-electron chi connectivity index (χ3n) is 3.40. The van der Waals surface area contributed by atoms with Crippen molar-refractivity contribution in [3.05, 3.63) is 64.1 Å². The molecule has 0 unspecified atom stereocenters. The molecule has 2 aromatic carbocycles. The molecule has 0 heterocycles. The number of hydrogen-bond acceptors (Lipinski definition) is 3. The van der Waals surface area contributed by atoms with Crippen molar-refractivity contribution in [1.29, 1.82) is 0 Å². The second kappa shape index (κ2) is 10.9. The summed E-state index contributed by atoms with van der Waals surface area (Å²) in [5, 5.41) is 6.26. The zero-order valence-corrected chi connectivity index (χ0v) is 17.2. The second-order valence-electron chi connectivity index (χ2n) is 6.32. The van der Waals surface area contributed by atoms with Gasteiger partial charge in [0.2, 0.25) is 11.8 Å². The van der Waals surface area contributed by atoms with Gasteiger partial charge in [0.25, 0.3) is 0 Å². The van der Waals surface area contributed by atoms with Crippen LogP contribution in [0.4, 0.5) is 5.69 Å². The molecule has 0 aliphatic heterocycles. The first-order valence-electron chi connectivity index (χ1n) is 8.51. The van der Waals surface area contributed by atoms with Gasteiger partial charge in [-0.2, -0.15) is 0 Å². The number of amides is 2. The highest BCUT2D eigenvalue weighted by molar-refractivity contribution is 6.35. The molecular formula is C20H25Cl2N3O2. The Hall–Kier alpha value is -2.08. The maximum atomic E-state index is 12.5. The number of anilines is 1. The molecule has 2 rings (SSSR count). The van der Waals surface area contributed by atoms with E-state index in [9.17, 15) is 9.59 Å². The van der Waals surface area contributed by atoms with E-state index < -0.39 is 5.54 Å². The summed E-state index contributed by atoms with van der Waals surface area (Å²) in [4.78, 5) is 24.6. The summed E-state index contributed by atoms with van der Waals surface area (Å²) in [5.74, 6) is -0.619. The highest BCUT2D eigenvalue weighted by Crippen LogP contribution is 2.26. The molecule has 0 fully saturated rings. The van der Waals surface area contributed by atoms with Crippen molar-refractivity contribution < 1.29 is 9.59 Å². The molecular weight excluding hydrogens is 385 g/mol. The van der Waals surface area contributed by atoms with Crippen LogP contribution in [-0.2, 0) is 16.0 Å². The molecule has 0 spiro atoms.